The first-order chi connectivity index (χ1) is 17.9. The van der Waals surface area contributed by atoms with Crippen molar-refractivity contribution in [1.29, 1.82) is 0 Å². The fourth-order valence-corrected chi connectivity index (χ4v) is 7.63. The summed E-state index contributed by atoms with van der Waals surface area (Å²) in [5, 5.41) is 6.65. The number of fused-ring (bicyclic) bond motifs is 6. The number of para-hydroxylation sites is 1. The molecule has 0 bridgehead atoms. The van der Waals surface area contributed by atoms with Crippen LogP contribution in [-0.4, -0.2) is 27.5 Å². The fraction of sp³-hybridized carbons (Fsp3) is 0.212. The van der Waals surface area contributed by atoms with Crippen molar-refractivity contribution in [2.45, 2.75) is 45.3 Å². The van der Waals surface area contributed by atoms with Crippen molar-refractivity contribution in [3.05, 3.63) is 96.2 Å². The van der Waals surface area contributed by atoms with E-state index in [0.717, 1.165) is 18.0 Å². The molecule has 0 N–H and O–H groups in total. The molecule has 0 fully saturated rings. The molecule has 0 amide bonds. The van der Waals surface area contributed by atoms with E-state index >= 15 is 0 Å². The predicted octanol–water partition coefficient (Wildman–Crippen LogP) is 6.95. The Labute approximate surface area is 223 Å². The van der Waals surface area contributed by atoms with Gasteiger partial charge in [0, 0.05) is 33.2 Å². The van der Waals surface area contributed by atoms with E-state index in [1.807, 2.05) is 0 Å². The van der Waals surface area contributed by atoms with E-state index in [4.69, 9.17) is 0 Å². The van der Waals surface area contributed by atoms with E-state index in [0.29, 0.717) is 0 Å². The molecule has 181 valence electrons. The zero-order chi connectivity index (χ0) is 25.3. The molecule has 2 heterocycles. The standard InChI is InChI=1S/C33H31N2Si2/c1-37(2,3)25-18-14-23(15-19-25)35-31-11-7-5-9-27(31)29-20-32-28(21-33(29)35)26-8-4-6-10-30(26)34(32)22-12-16-24(36)17-13-22/h4,6,8,10,12-21H,5,7,9,11H2,1-3H3. The van der Waals surface area contributed by atoms with E-state index in [-0.39, 0.29) is 0 Å². The van der Waals surface area contributed by atoms with Crippen LogP contribution in [0.15, 0.2) is 84.9 Å². The lowest BCUT2D eigenvalue weighted by Gasteiger charge is -2.19. The van der Waals surface area contributed by atoms with E-state index in [2.05, 4.69) is 124 Å². The van der Waals surface area contributed by atoms with Crippen molar-refractivity contribution in [2.75, 3.05) is 0 Å². The lowest BCUT2D eigenvalue weighted by atomic mass is 9.95. The molecule has 0 saturated heterocycles. The highest BCUT2D eigenvalue weighted by Gasteiger charge is 2.24. The maximum Gasteiger partial charge on any atom is 0.0775 e. The van der Waals surface area contributed by atoms with Crippen LogP contribution >= 0.6 is 0 Å². The van der Waals surface area contributed by atoms with E-state index in [9.17, 15) is 0 Å². The van der Waals surface area contributed by atoms with E-state index in [1.54, 1.807) is 5.56 Å². The molecule has 0 spiro atoms. The second kappa shape index (κ2) is 8.33. The Morgan fingerprint density at radius 3 is 2.00 bits per heavy atom. The maximum atomic E-state index is 3.67. The van der Waals surface area contributed by atoms with Gasteiger partial charge in [-0.15, -0.1) is 0 Å². The third-order valence-corrected chi connectivity index (χ3v) is 10.6. The molecule has 6 aromatic rings. The summed E-state index contributed by atoms with van der Waals surface area (Å²) in [6, 6.07) is 31.9. The molecule has 4 aromatic carbocycles. The molecule has 0 aliphatic heterocycles. The summed E-state index contributed by atoms with van der Waals surface area (Å²) in [5.74, 6) is 0. The van der Waals surface area contributed by atoms with Crippen LogP contribution in [-0.2, 0) is 12.8 Å². The number of nitrogens with zero attached hydrogens (tertiary/aromatic N) is 2. The summed E-state index contributed by atoms with van der Waals surface area (Å²) in [6.07, 6.45) is 4.85. The van der Waals surface area contributed by atoms with Crippen molar-refractivity contribution in [3.63, 3.8) is 0 Å². The molecule has 0 atom stereocenters. The minimum absolute atomic E-state index is 1.10. The number of hydrogen-bond donors (Lipinski definition) is 0. The van der Waals surface area contributed by atoms with Gasteiger partial charge in [0.25, 0.3) is 0 Å². The second-order valence-corrected chi connectivity index (χ2v) is 17.2. The lowest BCUT2D eigenvalue weighted by molar-refractivity contribution is 0.667. The third-order valence-electron chi connectivity index (χ3n) is 8.18. The Balaban J connectivity index is 1.55. The topological polar surface area (TPSA) is 9.86 Å². The van der Waals surface area contributed by atoms with Gasteiger partial charge in [0.15, 0.2) is 0 Å². The molecular formula is C33H31N2Si2. The van der Waals surface area contributed by atoms with Gasteiger partial charge >= 0.3 is 0 Å². The number of rotatable bonds is 3. The molecule has 1 aliphatic carbocycles. The lowest BCUT2D eigenvalue weighted by Crippen LogP contribution is -2.37. The normalized spacial score (nSPS) is 14.1. The van der Waals surface area contributed by atoms with Gasteiger partial charge in [0.05, 0.1) is 34.9 Å². The maximum absolute atomic E-state index is 3.67. The van der Waals surface area contributed by atoms with E-state index in [1.165, 1.54) is 67.8 Å². The second-order valence-electron chi connectivity index (χ2n) is 11.6. The van der Waals surface area contributed by atoms with Crippen molar-refractivity contribution in [1.82, 2.24) is 9.13 Å². The highest BCUT2D eigenvalue weighted by Crippen LogP contribution is 2.40. The molecule has 4 heteroatoms. The Bertz CT molecular complexity index is 1800. The van der Waals surface area contributed by atoms with Gasteiger partial charge in [-0.25, -0.2) is 0 Å². The molecular weight excluding hydrogens is 481 g/mol. The van der Waals surface area contributed by atoms with Gasteiger partial charge in [-0.3, -0.25) is 0 Å². The van der Waals surface area contributed by atoms with Gasteiger partial charge in [0.2, 0.25) is 0 Å². The summed E-state index contributed by atoms with van der Waals surface area (Å²) in [4.78, 5) is 0. The van der Waals surface area contributed by atoms with Crippen LogP contribution in [0.4, 0.5) is 0 Å². The van der Waals surface area contributed by atoms with Crippen molar-refractivity contribution < 1.29 is 0 Å². The zero-order valence-corrected chi connectivity index (χ0v) is 23.8. The molecule has 0 saturated carbocycles. The minimum Gasteiger partial charge on any atom is -0.313 e. The van der Waals surface area contributed by atoms with Crippen molar-refractivity contribution in [3.8, 4) is 11.4 Å². The highest BCUT2D eigenvalue weighted by molar-refractivity contribution is 6.88. The number of hydrogen-bond acceptors (Lipinski definition) is 0. The third kappa shape index (κ3) is 3.57. The van der Waals surface area contributed by atoms with Crippen molar-refractivity contribution >= 4 is 61.4 Å². The van der Waals surface area contributed by atoms with E-state index < -0.39 is 8.07 Å². The van der Waals surface area contributed by atoms with Crippen LogP contribution in [0.1, 0.15) is 24.1 Å². The van der Waals surface area contributed by atoms with Gasteiger partial charge < -0.3 is 9.13 Å². The van der Waals surface area contributed by atoms with Crippen LogP contribution in [0.5, 0.6) is 0 Å². The van der Waals surface area contributed by atoms with Crippen LogP contribution in [0.2, 0.25) is 19.6 Å². The largest absolute Gasteiger partial charge is 0.313 e. The summed E-state index contributed by atoms with van der Waals surface area (Å²) >= 11 is 0. The van der Waals surface area contributed by atoms with Gasteiger partial charge in [-0.2, -0.15) is 0 Å². The summed E-state index contributed by atoms with van der Waals surface area (Å²) in [5.41, 5.74) is 9.44. The molecule has 0 unspecified atom stereocenters. The average molecular weight is 512 g/mol. The molecule has 1 aliphatic rings. The number of benzene rings is 4. The van der Waals surface area contributed by atoms with Crippen LogP contribution in [0.25, 0.3) is 44.1 Å². The van der Waals surface area contributed by atoms with Gasteiger partial charge in [-0.1, -0.05) is 72.5 Å². The SMILES string of the molecule is C[Si](C)(C)c1ccc(-n2c3c(c4cc5c(cc42)c2ccccc2n5-c2ccc([Si])cc2)CCCC3)cc1. The molecule has 37 heavy (non-hydrogen) atoms. The number of aromatic nitrogens is 2. The number of aryl methyl sites for hydroxylation is 1. The first kappa shape index (κ1) is 22.8. The van der Waals surface area contributed by atoms with Gasteiger partial charge in [0.1, 0.15) is 0 Å². The predicted molar refractivity (Wildman–Crippen MR) is 163 cm³/mol. The first-order valence-electron chi connectivity index (χ1n) is 13.4. The summed E-state index contributed by atoms with van der Waals surface area (Å²) < 4.78 is 5.01. The Kier molecular flexibility index (Phi) is 5.14. The summed E-state index contributed by atoms with van der Waals surface area (Å²) in [6.45, 7) is 7.27. The monoisotopic (exact) mass is 511 g/mol. The molecule has 3 radical (unpaired) electrons. The van der Waals surface area contributed by atoms with Crippen LogP contribution < -0.4 is 10.4 Å². The zero-order valence-electron chi connectivity index (χ0n) is 21.8. The molecule has 2 nitrogen and oxygen atoms in total. The first-order valence-corrected chi connectivity index (χ1v) is 17.4. The highest BCUT2D eigenvalue weighted by atomic mass is 28.3. The Morgan fingerprint density at radius 2 is 1.24 bits per heavy atom. The van der Waals surface area contributed by atoms with Gasteiger partial charge in [-0.05, 0) is 73.7 Å². The van der Waals surface area contributed by atoms with Crippen LogP contribution in [0, 0.1) is 0 Å². The quantitative estimate of drug-likeness (QED) is 0.228. The Morgan fingerprint density at radius 1 is 0.622 bits per heavy atom. The minimum atomic E-state index is -1.34. The Hall–Kier alpha value is -3.35. The van der Waals surface area contributed by atoms with Crippen molar-refractivity contribution in [2.24, 2.45) is 0 Å². The fourth-order valence-electron chi connectivity index (χ4n) is 6.30. The smallest absolute Gasteiger partial charge is 0.0775 e. The molecule has 2 aromatic heterocycles. The average Bonchev–Trinajstić information content (AvgIpc) is 3.40. The molecule has 7 rings (SSSR count). The summed E-state index contributed by atoms with van der Waals surface area (Å²) in [7, 11) is 2.33. The van der Waals surface area contributed by atoms with Crippen LogP contribution in [0.3, 0.4) is 0 Å².